The minimum Gasteiger partial charge on any atom is -0.369 e. The van der Waals surface area contributed by atoms with E-state index in [-0.39, 0.29) is 17.7 Å². The topological polar surface area (TPSA) is 81.2 Å². The summed E-state index contributed by atoms with van der Waals surface area (Å²) in [7, 11) is 0. The Morgan fingerprint density at radius 2 is 1.71 bits per heavy atom. The normalized spacial score (nSPS) is 14.8. The van der Waals surface area contributed by atoms with E-state index in [0.717, 1.165) is 16.9 Å². The van der Waals surface area contributed by atoms with Crippen molar-refractivity contribution in [3.8, 4) is 16.9 Å². The fourth-order valence-corrected chi connectivity index (χ4v) is 3.66. The number of carbonyl (C=O) groups is 2. The predicted molar refractivity (Wildman–Crippen MR) is 107 cm³/mol. The van der Waals surface area contributed by atoms with E-state index < -0.39 is 0 Å². The maximum absolute atomic E-state index is 12.9. The number of nitrogens with zero attached hydrogens (tertiary/aromatic N) is 3. The highest BCUT2D eigenvalue weighted by Gasteiger charge is 2.26. The summed E-state index contributed by atoms with van der Waals surface area (Å²) in [6.07, 6.45) is 3.00. The number of amides is 2. The minimum absolute atomic E-state index is 0.0295. The molecule has 0 spiro atoms. The molecule has 28 heavy (non-hydrogen) atoms. The Morgan fingerprint density at radius 3 is 2.43 bits per heavy atom. The summed E-state index contributed by atoms with van der Waals surface area (Å²) in [5, 5.41) is 4.45. The van der Waals surface area contributed by atoms with Crippen LogP contribution in [0.1, 0.15) is 23.2 Å². The van der Waals surface area contributed by atoms with Crippen molar-refractivity contribution in [2.24, 2.45) is 11.7 Å². The molecule has 1 aromatic heterocycles. The molecule has 0 radical (unpaired) electrons. The summed E-state index contributed by atoms with van der Waals surface area (Å²) in [5.74, 6) is -0.438. The van der Waals surface area contributed by atoms with E-state index in [9.17, 15) is 9.59 Å². The zero-order valence-corrected chi connectivity index (χ0v) is 15.5. The van der Waals surface area contributed by atoms with Gasteiger partial charge in [0, 0.05) is 30.1 Å². The summed E-state index contributed by atoms with van der Waals surface area (Å²) >= 11 is 0. The standard InChI is InChI=1S/C22H22N4O2/c23-21(27)17-10-13-25(14-11-17)22(28)18-7-4-8-19(15-18)26-20(9-12-24-26)16-5-2-1-3-6-16/h1-9,12,15,17H,10-11,13-14H2,(H2,23,27). The number of carbonyl (C=O) groups excluding carboxylic acids is 2. The van der Waals surface area contributed by atoms with Gasteiger partial charge in [-0.1, -0.05) is 36.4 Å². The highest BCUT2D eigenvalue weighted by atomic mass is 16.2. The second-order valence-corrected chi connectivity index (χ2v) is 7.01. The number of primary amides is 1. The molecule has 1 aliphatic heterocycles. The molecule has 1 fully saturated rings. The van der Waals surface area contributed by atoms with Crippen LogP contribution < -0.4 is 5.73 Å². The Morgan fingerprint density at radius 1 is 0.964 bits per heavy atom. The molecule has 2 N–H and O–H groups in total. The first-order chi connectivity index (χ1) is 13.6. The smallest absolute Gasteiger partial charge is 0.253 e. The van der Waals surface area contributed by atoms with Crippen molar-refractivity contribution >= 4 is 11.8 Å². The fourth-order valence-electron chi connectivity index (χ4n) is 3.66. The molecule has 3 aromatic rings. The number of benzene rings is 2. The van der Waals surface area contributed by atoms with Crippen LogP contribution in [0.15, 0.2) is 66.9 Å². The van der Waals surface area contributed by atoms with Gasteiger partial charge in [-0.15, -0.1) is 0 Å². The van der Waals surface area contributed by atoms with Gasteiger partial charge >= 0.3 is 0 Å². The average molecular weight is 374 g/mol. The third-order valence-corrected chi connectivity index (χ3v) is 5.23. The van der Waals surface area contributed by atoms with Crippen LogP contribution in [0.3, 0.4) is 0 Å². The van der Waals surface area contributed by atoms with Gasteiger partial charge in [0.15, 0.2) is 0 Å². The largest absolute Gasteiger partial charge is 0.369 e. The molecule has 0 bridgehead atoms. The van der Waals surface area contributed by atoms with Crippen molar-refractivity contribution in [2.45, 2.75) is 12.8 Å². The van der Waals surface area contributed by atoms with E-state index in [1.807, 2.05) is 65.3 Å². The van der Waals surface area contributed by atoms with Crippen molar-refractivity contribution in [1.29, 1.82) is 0 Å². The third kappa shape index (κ3) is 3.53. The van der Waals surface area contributed by atoms with Gasteiger partial charge < -0.3 is 10.6 Å². The zero-order valence-electron chi connectivity index (χ0n) is 15.5. The first-order valence-corrected chi connectivity index (χ1v) is 9.42. The quantitative estimate of drug-likeness (QED) is 0.762. The van der Waals surface area contributed by atoms with E-state index in [1.165, 1.54) is 0 Å². The molecule has 4 rings (SSSR count). The first-order valence-electron chi connectivity index (χ1n) is 9.42. The molecule has 0 saturated carbocycles. The molecule has 0 unspecified atom stereocenters. The Kier molecular flexibility index (Phi) is 4.93. The van der Waals surface area contributed by atoms with Crippen molar-refractivity contribution in [3.05, 3.63) is 72.4 Å². The monoisotopic (exact) mass is 374 g/mol. The number of hydrogen-bond donors (Lipinski definition) is 1. The maximum Gasteiger partial charge on any atom is 0.253 e. The van der Waals surface area contributed by atoms with Crippen LogP contribution in [-0.2, 0) is 4.79 Å². The summed E-state index contributed by atoms with van der Waals surface area (Å²) in [5.41, 5.74) is 8.86. The predicted octanol–water partition coefficient (Wildman–Crippen LogP) is 2.88. The van der Waals surface area contributed by atoms with Crippen LogP contribution in [-0.4, -0.2) is 39.6 Å². The Hall–Kier alpha value is -3.41. The Labute approximate surface area is 163 Å². The average Bonchev–Trinajstić information content (AvgIpc) is 3.24. The molecule has 2 heterocycles. The van der Waals surface area contributed by atoms with Crippen LogP contribution in [0, 0.1) is 5.92 Å². The molecule has 142 valence electrons. The Bertz CT molecular complexity index is 989. The molecule has 2 amide bonds. The lowest BCUT2D eigenvalue weighted by atomic mass is 9.96. The third-order valence-electron chi connectivity index (χ3n) is 5.23. The lowest BCUT2D eigenvalue weighted by molar-refractivity contribution is -0.123. The fraction of sp³-hybridized carbons (Fsp3) is 0.227. The summed E-state index contributed by atoms with van der Waals surface area (Å²) < 4.78 is 1.84. The van der Waals surface area contributed by atoms with Gasteiger partial charge in [-0.2, -0.15) is 5.10 Å². The molecular weight excluding hydrogens is 352 g/mol. The van der Waals surface area contributed by atoms with E-state index >= 15 is 0 Å². The molecule has 0 atom stereocenters. The van der Waals surface area contributed by atoms with Crippen molar-refractivity contribution in [2.75, 3.05) is 13.1 Å². The number of nitrogens with two attached hydrogens (primary N) is 1. The van der Waals surface area contributed by atoms with E-state index in [0.29, 0.717) is 31.5 Å². The number of rotatable bonds is 4. The Balaban J connectivity index is 1.57. The molecule has 6 nitrogen and oxygen atoms in total. The lowest BCUT2D eigenvalue weighted by Crippen LogP contribution is -2.41. The number of piperidine rings is 1. The van der Waals surface area contributed by atoms with E-state index in [2.05, 4.69) is 5.10 Å². The number of aromatic nitrogens is 2. The van der Waals surface area contributed by atoms with Crippen LogP contribution in [0.5, 0.6) is 0 Å². The van der Waals surface area contributed by atoms with Gasteiger partial charge in [-0.3, -0.25) is 9.59 Å². The van der Waals surface area contributed by atoms with Crippen LogP contribution >= 0.6 is 0 Å². The highest BCUT2D eigenvalue weighted by Crippen LogP contribution is 2.24. The van der Waals surface area contributed by atoms with Gasteiger partial charge in [-0.25, -0.2) is 4.68 Å². The molecule has 1 saturated heterocycles. The maximum atomic E-state index is 12.9. The summed E-state index contributed by atoms with van der Waals surface area (Å²) in [6.45, 7) is 1.10. The van der Waals surface area contributed by atoms with E-state index in [1.54, 1.807) is 11.1 Å². The molecular formula is C22H22N4O2. The highest BCUT2D eigenvalue weighted by molar-refractivity contribution is 5.95. The minimum atomic E-state index is -0.277. The molecule has 2 aromatic carbocycles. The van der Waals surface area contributed by atoms with Crippen molar-refractivity contribution in [1.82, 2.24) is 14.7 Å². The number of likely N-dealkylation sites (tertiary alicyclic amines) is 1. The lowest BCUT2D eigenvalue weighted by Gasteiger charge is -2.30. The van der Waals surface area contributed by atoms with Gasteiger partial charge in [0.1, 0.15) is 0 Å². The summed E-state index contributed by atoms with van der Waals surface area (Å²) in [4.78, 5) is 26.1. The molecule has 0 aliphatic carbocycles. The van der Waals surface area contributed by atoms with Gasteiger partial charge in [0.2, 0.25) is 5.91 Å². The van der Waals surface area contributed by atoms with Gasteiger partial charge in [0.25, 0.3) is 5.91 Å². The SMILES string of the molecule is NC(=O)C1CCN(C(=O)c2cccc(-n3nccc3-c3ccccc3)c2)CC1. The van der Waals surface area contributed by atoms with Crippen molar-refractivity contribution in [3.63, 3.8) is 0 Å². The number of hydrogen-bond acceptors (Lipinski definition) is 3. The van der Waals surface area contributed by atoms with Crippen LogP contribution in [0.2, 0.25) is 0 Å². The van der Waals surface area contributed by atoms with E-state index in [4.69, 9.17) is 5.73 Å². The molecule has 6 heteroatoms. The first kappa shape index (κ1) is 18.0. The van der Waals surface area contributed by atoms with Crippen LogP contribution in [0.4, 0.5) is 0 Å². The second kappa shape index (κ2) is 7.68. The summed E-state index contributed by atoms with van der Waals surface area (Å²) in [6, 6.07) is 19.5. The van der Waals surface area contributed by atoms with Gasteiger partial charge in [0.05, 0.1) is 17.6 Å². The zero-order chi connectivity index (χ0) is 19.5. The second-order valence-electron chi connectivity index (χ2n) is 7.01. The van der Waals surface area contributed by atoms with Crippen LogP contribution in [0.25, 0.3) is 16.9 Å². The van der Waals surface area contributed by atoms with Crippen molar-refractivity contribution < 1.29 is 9.59 Å². The molecule has 1 aliphatic rings. The van der Waals surface area contributed by atoms with Gasteiger partial charge in [-0.05, 0) is 37.1 Å².